The first-order valence-electron chi connectivity index (χ1n) is 9.46. The Labute approximate surface area is 150 Å². The van der Waals surface area contributed by atoms with Gasteiger partial charge in [-0.1, -0.05) is 20.8 Å². The molecule has 0 radical (unpaired) electrons. The lowest BCUT2D eigenvalue weighted by Crippen LogP contribution is -2.52. The molecule has 2 heterocycles. The maximum absolute atomic E-state index is 12.4. The van der Waals surface area contributed by atoms with Crippen LogP contribution in [0.3, 0.4) is 0 Å². The summed E-state index contributed by atoms with van der Waals surface area (Å²) in [5.41, 5.74) is 0. The highest BCUT2D eigenvalue weighted by atomic mass is 16.2. The molecule has 0 aliphatic carbocycles. The van der Waals surface area contributed by atoms with Crippen LogP contribution in [-0.4, -0.2) is 72.8 Å². The molecule has 2 fully saturated rings. The van der Waals surface area contributed by atoms with Crippen molar-refractivity contribution in [2.24, 2.45) is 11.8 Å². The summed E-state index contributed by atoms with van der Waals surface area (Å²) in [5.74, 6) is -0.149. The van der Waals surface area contributed by atoms with Gasteiger partial charge in [-0.15, -0.1) is 0 Å². The minimum absolute atomic E-state index is 0.0257. The molecule has 2 saturated heterocycles. The third-order valence-corrected chi connectivity index (χ3v) is 5.08. The van der Waals surface area contributed by atoms with Gasteiger partial charge in [0.1, 0.15) is 0 Å². The van der Waals surface area contributed by atoms with Crippen molar-refractivity contribution in [2.45, 2.75) is 46.1 Å². The van der Waals surface area contributed by atoms with Crippen molar-refractivity contribution >= 4 is 17.7 Å². The number of nitrogens with one attached hydrogen (secondary N) is 2. The van der Waals surface area contributed by atoms with Crippen LogP contribution in [0.2, 0.25) is 0 Å². The van der Waals surface area contributed by atoms with Crippen molar-refractivity contribution in [3.8, 4) is 0 Å². The molecule has 2 rings (SSSR count). The summed E-state index contributed by atoms with van der Waals surface area (Å²) in [4.78, 5) is 40.6. The Morgan fingerprint density at radius 1 is 1.24 bits per heavy atom. The van der Waals surface area contributed by atoms with Gasteiger partial charge in [0.15, 0.2) is 0 Å². The fraction of sp³-hybridized carbons (Fsp3) is 0.833. The van der Waals surface area contributed by atoms with Crippen LogP contribution >= 0.6 is 0 Å². The highest BCUT2D eigenvalue weighted by Crippen LogP contribution is 2.21. The van der Waals surface area contributed by atoms with Crippen LogP contribution in [0.5, 0.6) is 0 Å². The molecule has 7 nitrogen and oxygen atoms in total. The third kappa shape index (κ3) is 5.99. The highest BCUT2D eigenvalue weighted by Gasteiger charge is 2.32. The Balaban J connectivity index is 1.77. The summed E-state index contributed by atoms with van der Waals surface area (Å²) in [6, 6.07) is 0.0508. The average Bonchev–Trinajstić information content (AvgIpc) is 2.58. The van der Waals surface area contributed by atoms with E-state index in [4.69, 9.17) is 0 Å². The number of amides is 3. The molecule has 7 heteroatoms. The van der Waals surface area contributed by atoms with E-state index in [1.54, 1.807) is 0 Å². The summed E-state index contributed by atoms with van der Waals surface area (Å²) in [6.45, 7) is 10.5. The van der Waals surface area contributed by atoms with Gasteiger partial charge in [-0.05, 0) is 25.3 Å². The number of hydrogen-bond acceptors (Lipinski definition) is 4. The summed E-state index contributed by atoms with van der Waals surface area (Å²) < 4.78 is 0. The van der Waals surface area contributed by atoms with E-state index < -0.39 is 0 Å². The molecule has 2 N–H and O–H groups in total. The first kappa shape index (κ1) is 19.7. The van der Waals surface area contributed by atoms with Gasteiger partial charge in [0.2, 0.25) is 17.7 Å². The van der Waals surface area contributed by atoms with Crippen molar-refractivity contribution in [3.05, 3.63) is 0 Å². The predicted molar refractivity (Wildman–Crippen MR) is 95.8 cm³/mol. The van der Waals surface area contributed by atoms with E-state index in [1.807, 2.05) is 4.90 Å². The van der Waals surface area contributed by atoms with Crippen molar-refractivity contribution in [2.75, 3.05) is 39.3 Å². The quantitative estimate of drug-likeness (QED) is 0.716. The van der Waals surface area contributed by atoms with E-state index in [0.29, 0.717) is 25.4 Å². The van der Waals surface area contributed by atoms with Crippen LogP contribution < -0.4 is 10.6 Å². The normalized spacial score (nSPS) is 25.0. The monoisotopic (exact) mass is 352 g/mol. The molecule has 2 aliphatic rings. The molecule has 0 aromatic rings. The highest BCUT2D eigenvalue weighted by molar-refractivity contribution is 5.89. The number of carbonyl (C=O) groups excluding carboxylic acids is 3. The second-order valence-corrected chi connectivity index (χ2v) is 7.56. The Kier molecular flexibility index (Phi) is 7.23. The van der Waals surface area contributed by atoms with E-state index >= 15 is 0 Å². The Morgan fingerprint density at radius 3 is 2.52 bits per heavy atom. The van der Waals surface area contributed by atoms with Gasteiger partial charge < -0.3 is 20.4 Å². The molecule has 2 atom stereocenters. The van der Waals surface area contributed by atoms with E-state index in [-0.39, 0.29) is 42.6 Å². The molecule has 142 valence electrons. The molecule has 0 bridgehead atoms. The number of likely N-dealkylation sites (N-methyl/N-ethyl adjacent to an activating group) is 1. The number of carbonyl (C=O) groups is 3. The summed E-state index contributed by atoms with van der Waals surface area (Å²) in [7, 11) is 0. The third-order valence-electron chi connectivity index (χ3n) is 5.08. The van der Waals surface area contributed by atoms with Crippen molar-refractivity contribution in [3.63, 3.8) is 0 Å². The van der Waals surface area contributed by atoms with Crippen LogP contribution in [0.4, 0.5) is 0 Å². The second kappa shape index (κ2) is 9.17. The standard InChI is InChI=1S/C18H32N4O3/c1-4-21-5-7-22(8-6-21)17(24)12-19-18(25)14-10-15(9-13(2)3)20-16(23)11-14/h13-15H,4-12H2,1-3H3,(H,19,25)(H,20,23). The number of piperazine rings is 1. The molecule has 25 heavy (non-hydrogen) atoms. The summed E-state index contributed by atoms with van der Waals surface area (Å²) in [6.07, 6.45) is 1.74. The molecule has 0 saturated carbocycles. The molecule has 3 amide bonds. The van der Waals surface area contributed by atoms with E-state index in [2.05, 4.69) is 36.3 Å². The average molecular weight is 352 g/mol. The molecule has 2 unspecified atom stereocenters. The predicted octanol–water partition coefficient (Wildman–Crippen LogP) is 0.208. The fourth-order valence-corrected chi connectivity index (χ4v) is 3.65. The van der Waals surface area contributed by atoms with Gasteiger partial charge in [0.25, 0.3) is 0 Å². The van der Waals surface area contributed by atoms with Crippen LogP contribution in [-0.2, 0) is 14.4 Å². The zero-order valence-electron chi connectivity index (χ0n) is 15.7. The SMILES string of the molecule is CCN1CCN(C(=O)CNC(=O)C2CC(=O)NC(CC(C)C)C2)CC1. The molecule has 0 spiro atoms. The molecule has 0 aromatic carbocycles. The van der Waals surface area contributed by atoms with Gasteiger partial charge >= 0.3 is 0 Å². The smallest absolute Gasteiger partial charge is 0.242 e. The number of hydrogen-bond donors (Lipinski definition) is 2. The van der Waals surface area contributed by atoms with Gasteiger partial charge in [-0.3, -0.25) is 14.4 Å². The largest absolute Gasteiger partial charge is 0.353 e. The summed E-state index contributed by atoms with van der Waals surface area (Å²) in [5, 5.41) is 5.71. The second-order valence-electron chi connectivity index (χ2n) is 7.56. The lowest BCUT2D eigenvalue weighted by Gasteiger charge is -2.34. The van der Waals surface area contributed by atoms with Crippen molar-refractivity contribution < 1.29 is 14.4 Å². The Morgan fingerprint density at radius 2 is 1.92 bits per heavy atom. The zero-order chi connectivity index (χ0) is 18.4. The zero-order valence-corrected chi connectivity index (χ0v) is 15.7. The van der Waals surface area contributed by atoms with Gasteiger partial charge in [0, 0.05) is 44.6 Å². The van der Waals surface area contributed by atoms with E-state index in [1.165, 1.54) is 0 Å². The van der Waals surface area contributed by atoms with E-state index in [0.717, 1.165) is 26.1 Å². The van der Waals surface area contributed by atoms with Crippen LogP contribution in [0.25, 0.3) is 0 Å². The van der Waals surface area contributed by atoms with Gasteiger partial charge in [-0.25, -0.2) is 0 Å². The number of nitrogens with zero attached hydrogens (tertiary/aromatic N) is 2. The van der Waals surface area contributed by atoms with E-state index in [9.17, 15) is 14.4 Å². The Hall–Kier alpha value is -1.63. The molecular weight excluding hydrogens is 320 g/mol. The lowest BCUT2D eigenvalue weighted by molar-refractivity contribution is -0.137. The maximum atomic E-state index is 12.4. The minimum atomic E-state index is -0.331. The summed E-state index contributed by atoms with van der Waals surface area (Å²) >= 11 is 0. The van der Waals surface area contributed by atoms with Crippen LogP contribution in [0.15, 0.2) is 0 Å². The fourth-order valence-electron chi connectivity index (χ4n) is 3.65. The number of rotatable bonds is 6. The Bertz CT molecular complexity index is 487. The van der Waals surface area contributed by atoms with Crippen molar-refractivity contribution in [1.82, 2.24) is 20.4 Å². The van der Waals surface area contributed by atoms with Crippen molar-refractivity contribution in [1.29, 1.82) is 0 Å². The first-order valence-corrected chi connectivity index (χ1v) is 9.46. The topological polar surface area (TPSA) is 81.8 Å². The maximum Gasteiger partial charge on any atom is 0.242 e. The molecular formula is C18H32N4O3. The van der Waals surface area contributed by atoms with Gasteiger partial charge in [0.05, 0.1) is 6.54 Å². The lowest BCUT2D eigenvalue weighted by atomic mass is 9.87. The minimum Gasteiger partial charge on any atom is -0.353 e. The number of piperidine rings is 1. The van der Waals surface area contributed by atoms with Crippen LogP contribution in [0, 0.1) is 11.8 Å². The molecule has 0 aromatic heterocycles. The molecule has 2 aliphatic heterocycles. The van der Waals surface area contributed by atoms with Crippen LogP contribution in [0.1, 0.15) is 40.0 Å². The first-order chi connectivity index (χ1) is 11.9. The van der Waals surface area contributed by atoms with Gasteiger partial charge in [-0.2, -0.15) is 0 Å².